The number of nitrogen functional groups attached to an aromatic ring is 1. The molecule has 0 saturated heterocycles. The summed E-state index contributed by atoms with van der Waals surface area (Å²) in [7, 11) is 0. The van der Waals surface area contributed by atoms with E-state index in [0.717, 1.165) is 11.6 Å². The molecule has 0 amide bonds. The van der Waals surface area contributed by atoms with Crippen LogP contribution in [0.25, 0.3) is 0 Å². The zero-order valence-corrected chi connectivity index (χ0v) is 8.22. The molecule has 1 nitrogen and oxygen atoms in total. The van der Waals surface area contributed by atoms with Crippen molar-refractivity contribution >= 4 is 5.69 Å². The van der Waals surface area contributed by atoms with Crippen LogP contribution in [0.3, 0.4) is 0 Å². The van der Waals surface area contributed by atoms with Crippen molar-refractivity contribution in [1.82, 2.24) is 0 Å². The zero-order chi connectivity index (χ0) is 9.26. The van der Waals surface area contributed by atoms with Crippen molar-refractivity contribution in [2.45, 2.75) is 38.5 Å². The largest absolute Gasteiger partial charge is 0.399 e. The molecule has 2 rings (SSSR count). The van der Waals surface area contributed by atoms with Gasteiger partial charge in [-0.15, -0.1) is 0 Å². The van der Waals surface area contributed by atoms with Gasteiger partial charge in [0.05, 0.1) is 0 Å². The Balaban J connectivity index is 2.33. The lowest BCUT2D eigenvalue weighted by Gasteiger charge is -2.14. The number of rotatable bonds is 1. The van der Waals surface area contributed by atoms with Crippen LogP contribution in [-0.4, -0.2) is 0 Å². The molecule has 0 aliphatic heterocycles. The van der Waals surface area contributed by atoms with Crippen molar-refractivity contribution < 1.29 is 0 Å². The molecule has 0 radical (unpaired) electrons. The fourth-order valence-electron chi connectivity index (χ4n) is 2.35. The molecule has 1 aliphatic carbocycles. The molecule has 1 fully saturated rings. The second kappa shape index (κ2) is 3.41. The molecule has 1 saturated carbocycles. The number of benzene rings is 1. The Kier molecular flexibility index (Phi) is 2.26. The summed E-state index contributed by atoms with van der Waals surface area (Å²) in [5.41, 5.74) is 9.62. The molecule has 0 heterocycles. The third-order valence-electron chi connectivity index (χ3n) is 3.21. The Bertz CT molecular complexity index is 298. The molecule has 0 bridgehead atoms. The van der Waals surface area contributed by atoms with E-state index in [-0.39, 0.29) is 0 Å². The topological polar surface area (TPSA) is 26.0 Å². The van der Waals surface area contributed by atoms with Crippen molar-refractivity contribution in [3.63, 3.8) is 0 Å². The molecule has 1 aromatic rings. The fraction of sp³-hybridized carbons (Fsp3) is 0.500. The maximum atomic E-state index is 5.89. The Morgan fingerprint density at radius 1 is 1.23 bits per heavy atom. The normalized spacial score (nSPS) is 17.9. The van der Waals surface area contributed by atoms with Crippen LogP contribution in [0.4, 0.5) is 5.69 Å². The highest BCUT2D eigenvalue weighted by atomic mass is 14.6. The van der Waals surface area contributed by atoms with Crippen LogP contribution in [0.15, 0.2) is 18.2 Å². The standard InChI is InChI=1S/C12H17N/c1-9-11(7-4-8-12(9)13)10-5-2-3-6-10/h4,7-8,10H,2-3,5-6,13H2,1H3. The Morgan fingerprint density at radius 2 is 1.92 bits per heavy atom. The van der Waals surface area contributed by atoms with Gasteiger partial charge >= 0.3 is 0 Å². The zero-order valence-electron chi connectivity index (χ0n) is 8.22. The van der Waals surface area contributed by atoms with Crippen LogP contribution < -0.4 is 5.73 Å². The number of hydrogen-bond acceptors (Lipinski definition) is 1. The molecule has 0 spiro atoms. The number of anilines is 1. The first-order valence-electron chi connectivity index (χ1n) is 5.14. The monoisotopic (exact) mass is 175 g/mol. The summed E-state index contributed by atoms with van der Waals surface area (Å²) in [5.74, 6) is 0.781. The van der Waals surface area contributed by atoms with Crippen molar-refractivity contribution in [2.24, 2.45) is 0 Å². The average Bonchev–Trinajstić information content (AvgIpc) is 2.62. The van der Waals surface area contributed by atoms with Crippen molar-refractivity contribution in [2.75, 3.05) is 5.73 Å². The summed E-state index contributed by atoms with van der Waals surface area (Å²) in [5, 5.41) is 0. The third kappa shape index (κ3) is 1.55. The summed E-state index contributed by atoms with van der Waals surface area (Å²) in [6.45, 7) is 2.14. The van der Waals surface area contributed by atoms with E-state index in [1.807, 2.05) is 6.07 Å². The highest BCUT2D eigenvalue weighted by Gasteiger charge is 2.18. The van der Waals surface area contributed by atoms with Gasteiger partial charge < -0.3 is 5.73 Å². The number of hydrogen-bond donors (Lipinski definition) is 1. The predicted octanol–water partition coefficient (Wildman–Crippen LogP) is 3.23. The molecular weight excluding hydrogens is 158 g/mol. The molecule has 0 aromatic heterocycles. The van der Waals surface area contributed by atoms with Gasteiger partial charge in [-0.3, -0.25) is 0 Å². The van der Waals surface area contributed by atoms with Crippen molar-refractivity contribution in [3.8, 4) is 0 Å². The lowest BCUT2D eigenvalue weighted by Crippen LogP contribution is -1.99. The first-order valence-corrected chi connectivity index (χ1v) is 5.14. The van der Waals surface area contributed by atoms with Gasteiger partial charge in [0.1, 0.15) is 0 Å². The summed E-state index contributed by atoms with van der Waals surface area (Å²) in [6, 6.07) is 6.31. The van der Waals surface area contributed by atoms with E-state index >= 15 is 0 Å². The minimum absolute atomic E-state index is 0.781. The minimum Gasteiger partial charge on any atom is -0.399 e. The highest BCUT2D eigenvalue weighted by Crippen LogP contribution is 2.36. The predicted molar refractivity (Wildman–Crippen MR) is 56.8 cm³/mol. The van der Waals surface area contributed by atoms with Crippen LogP contribution in [-0.2, 0) is 0 Å². The van der Waals surface area contributed by atoms with Crippen molar-refractivity contribution in [1.29, 1.82) is 0 Å². The molecular formula is C12H17N. The summed E-state index contributed by atoms with van der Waals surface area (Å²) >= 11 is 0. The number of nitrogens with two attached hydrogens (primary N) is 1. The summed E-state index contributed by atoms with van der Waals surface area (Å²) in [6.07, 6.45) is 5.48. The van der Waals surface area contributed by atoms with Gasteiger partial charge in [-0.05, 0) is 42.9 Å². The van der Waals surface area contributed by atoms with Crippen LogP contribution in [0, 0.1) is 6.92 Å². The lowest BCUT2D eigenvalue weighted by atomic mass is 9.93. The molecule has 1 heteroatoms. The van der Waals surface area contributed by atoms with E-state index in [1.54, 1.807) is 0 Å². The second-order valence-corrected chi connectivity index (χ2v) is 4.04. The first kappa shape index (κ1) is 8.61. The van der Waals surface area contributed by atoms with Crippen LogP contribution in [0.5, 0.6) is 0 Å². The van der Waals surface area contributed by atoms with Gasteiger partial charge in [-0.1, -0.05) is 25.0 Å². The molecule has 0 atom stereocenters. The molecule has 0 unspecified atom stereocenters. The average molecular weight is 175 g/mol. The van der Waals surface area contributed by atoms with Gasteiger partial charge in [0.25, 0.3) is 0 Å². The smallest absolute Gasteiger partial charge is 0.0346 e. The van der Waals surface area contributed by atoms with Gasteiger partial charge in [0, 0.05) is 5.69 Å². The van der Waals surface area contributed by atoms with Gasteiger partial charge in [0.15, 0.2) is 0 Å². The van der Waals surface area contributed by atoms with E-state index < -0.39 is 0 Å². The summed E-state index contributed by atoms with van der Waals surface area (Å²) in [4.78, 5) is 0. The van der Waals surface area contributed by atoms with Gasteiger partial charge in [0.2, 0.25) is 0 Å². The van der Waals surface area contributed by atoms with Crippen LogP contribution in [0.2, 0.25) is 0 Å². The lowest BCUT2D eigenvalue weighted by molar-refractivity contribution is 0.718. The Labute approximate surface area is 80.0 Å². The van der Waals surface area contributed by atoms with E-state index in [9.17, 15) is 0 Å². The Hall–Kier alpha value is -0.980. The minimum atomic E-state index is 0.781. The first-order chi connectivity index (χ1) is 6.29. The molecule has 1 aromatic carbocycles. The maximum absolute atomic E-state index is 5.89. The van der Waals surface area contributed by atoms with Crippen molar-refractivity contribution in [3.05, 3.63) is 29.3 Å². The Morgan fingerprint density at radius 3 is 2.62 bits per heavy atom. The quantitative estimate of drug-likeness (QED) is 0.651. The maximum Gasteiger partial charge on any atom is 0.0346 e. The summed E-state index contributed by atoms with van der Waals surface area (Å²) < 4.78 is 0. The van der Waals surface area contributed by atoms with E-state index in [4.69, 9.17) is 5.73 Å². The van der Waals surface area contributed by atoms with Crippen LogP contribution in [0.1, 0.15) is 42.7 Å². The van der Waals surface area contributed by atoms with Gasteiger partial charge in [-0.2, -0.15) is 0 Å². The van der Waals surface area contributed by atoms with E-state index in [0.29, 0.717) is 0 Å². The SMILES string of the molecule is Cc1c(N)cccc1C1CCCC1. The fourth-order valence-corrected chi connectivity index (χ4v) is 2.35. The second-order valence-electron chi connectivity index (χ2n) is 4.04. The molecule has 1 aliphatic rings. The van der Waals surface area contributed by atoms with Crippen LogP contribution >= 0.6 is 0 Å². The molecule has 13 heavy (non-hydrogen) atoms. The van der Waals surface area contributed by atoms with Gasteiger partial charge in [-0.25, -0.2) is 0 Å². The van der Waals surface area contributed by atoms with E-state index in [2.05, 4.69) is 19.1 Å². The molecule has 2 N–H and O–H groups in total. The highest BCUT2D eigenvalue weighted by molar-refractivity contribution is 5.51. The molecule has 70 valence electrons. The van der Waals surface area contributed by atoms with E-state index in [1.165, 1.54) is 36.8 Å². The third-order valence-corrected chi connectivity index (χ3v) is 3.21.